The van der Waals surface area contributed by atoms with Gasteiger partial charge in [0, 0.05) is 61.1 Å². The number of rotatable bonds is 5. The molecule has 0 radical (unpaired) electrons. The monoisotopic (exact) mass is 440 g/mol. The number of furan rings is 1. The van der Waals surface area contributed by atoms with Gasteiger partial charge >= 0.3 is 0 Å². The van der Waals surface area contributed by atoms with Crippen LogP contribution in [0.1, 0.15) is 0 Å². The minimum absolute atomic E-state index is 0.451. The molecule has 5 aromatic rings. The molecule has 0 spiro atoms. The average Bonchev–Trinajstić information content (AvgIpc) is 3.53. The summed E-state index contributed by atoms with van der Waals surface area (Å²) in [5.41, 5.74) is 4.00. The first-order chi connectivity index (χ1) is 16.3. The van der Waals surface area contributed by atoms with E-state index < -0.39 is 0 Å². The Bertz CT molecular complexity index is 1380. The van der Waals surface area contributed by atoms with Gasteiger partial charge in [0.15, 0.2) is 11.4 Å². The largest absolute Gasteiger partial charge is 0.450 e. The van der Waals surface area contributed by atoms with Crippen LogP contribution in [-0.2, 0) is 4.74 Å². The molecule has 1 aliphatic heterocycles. The lowest BCUT2D eigenvalue weighted by atomic mass is 10.2. The van der Waals surface area contributed by atoms with Gasteiger partial charge in [-0.05, 0) is 24.3 Å². The van der Waals surface area contributed by atoms with Crippen LogP contribution in [0.2, 0.25) is 0 Å². The predicted molar refractivity (Wildman–Crippen MR) is 123 cm³/mol. The van der Waals surface area contributed by atoms with Crippen molar-refractivity contribution in [1.82, 2.24) is 30.1 Å². The zero-order valence-corrected chi connectivity index (χ0v) is 17.6. The van der Waals surface area contributed by atoms with Crippen LogP contribution in [0.25, 0.3) is 33.7 Å². The Morgan fingerprint density at radius 2 is 1.82 bits per heavy atom. The number of hydrogen-bond donors (Lipinski definition) is 2. The van der Waals surface area contributed by atoms with Crippen molar-refractivity contribution in [3.05, 3.63) is 61.2 Å². The second kappa shape index (κ2) is 8.32. The molecule has 10 nitrogen and oxygen atoms in total. The van der Waals surface area contributed by atoms with Gasteiger partial charge in [0.2, 0.25) is 5.95 Å². The quantitative estimate of drug-likeness (QED) is 0.422. The molecule has 6 heterocycles. The maximum atomic E-state index is 6.22. The van der Waals surface area contributed by atoms with Crippen molar-refractivity contribution in [3.8, 4) is 22.6 Å². The smallest absolute Gasteiger partial charge is 0.231 e. The van der Waals surface area contributed by atoms with Crippen molar-refractivity contribution in [2.45, 2.75) is 0 Å². The first-order valence-corrected chi connectivity index (χ1v) is 10.6. The standard InChI is InChI=1S/C23H20N8O2/c1-2-16(14-25-5-1)17-13-20(30-29-17)27-23-26-18-12-19(15-3-6-24-7-4-15)33-21(18)22(28-23)31-8-10-32-11-9-31/h1-7,12-14H,8-11H2,(H2,26,27,28,29,30). The van der Waals surface area contributed by atoms with Gasteiger partial charge < -0.3 is 19.4 Å². The van der Waals surface area contributed by atoms with Crippen molar-refractivity contribution in [1.29, 1.82) is 0 Å². The molecule has 0 aromatic carbocycles. The number of fused-ring (bicyclic) bond motifs is 1. The molecule has 5 aromatic heterocycles. The van der Waals surface area contributed by atoms with Gasteiger partial charge in [-0.15, -0.1) is 0 Å². The van der Waals surface area contributed by atoms with Crippen molar-refractivity contribution >= 4 is 28.7 Å². The van der Waals surface area contributed by atoms with E-state index in [9.17, 15) is 0 Å². The highest BCUT2D eigenvalue weighted by molar-refractivity contribution is 5.89. The minimum atomic E-state index is 0.451. The Hall–Kier alpha value is -4.31. The van der Waals surface area contributed by atoms with Gasteiger partial charge in [-0.25, -0.2) is 4.98 Å². The van der Waals surface area contributed by atoms with Gasteiger partial charge in [0.25, 0.3) is 0 Å². The van der Waals surface area contributed by atoms with Crippen molar-refractivity contribution in [2.24, 2.45) is 0 Å². The molecule has 10 heteroatoms. The topological polar surface area (TPSA) is 118 Å². The SMILES string of the molecule is c1cncc(-c2cc(Nc3nc(N4CCOCC4)c4oc(-c5ccncc5)cc4n3)[nH]n2)c1. The summed E-state index contributed by atoms with van der Waals surface area (Å²) in [7, 11) is 0. The van der Waals surface area contributed by atoms with Crippen LogP contribution < -0.4 is 10.2 Å². The fraction of sp³-hybridized carbons (Fsp3) is 0.174. The molecule has 1 saturated heterocycles. The average molecular weight is 440 g/mol. The Morgan fingerprint density at radius 3 is 2.64 bits per heavy atom. The maximum Gasteiger partial charge on any atom is 0.231 e. The molecule has 0 amide bonds. The number of anilines is 3. The number of hydrogen-bond acceptors (Lipinski definition) is 9. The van der Waals surface area contributed by atoms with Crippen LogP contribution in [0, 0.1) is 0 Å². The Labute approximate surface area is 188 Å². The van der Waals surface area contributed by atoms with Crippen LogP contribution in [0.5, 0.6) is 0 Å². The molecule has 1 fully saturated rings. The zero-order chi connectivity index (χ0) is 22.0. The molecule has 0 saturated carbocycles. The summed E-state index contributed by atoms with van der Waals surface area (Å²) in [4.78, 5) is 19.9. The number of nitrogens with one attached hydrogen (secondary N) is 2. The summed E-state index contributed by atoms with van der Waals surface area (Å²) in [5, 5.41) is 10.6. The van der Waals surface area contributed by atoms with Crippen molar-refractivity contribution < 1.29 is 9.15 Å². The van der Waals surface area contributed by atoms with E-state index in [-0.39, 0.29) is 0 Å². The summed E-state index contributed by atoms with van der Waals surface area (Å²) in [6, 6.07) is 11.5. The van der Waals surface area contributed by atoms with E-state index in [1.54, 1.807) is 24.8 Å². The van der Waals surface area contributed by atoms with E-state index >= 15 is 0 Å². The molecule has 33 heavy (non-hydrogen) atoms. The summed E-state index contributed by atoms with van der Waals surface area (Å²) in [6.45, 7) is 2.74. The van der Waals surface area contributed by atoms with Crippen LogP contribution in [0.3, 0.4) is 0 Å². The van der Waals surface area contributed by atoms with Gasteiger partial charge in [-0.2, -0.15) is 10.1 Å². The van der Waals surface area contributed by atoms with Crippen LogP contribution in [0.4, 0.5) is 17.6 Å². The van der Waals surface area contributed by atoms with Gasteiger partial charge in [-0.1, -0.05) is 0 Å². The van der Waals surface area contributed by atoms with Crippen LogP contribution in [0.15, 0.2) is 65.6 Å². The zero-order valence-electron chi connectivity index (χ0n) is 17.6. The molecule has 0 aliphatic carbocycles. The van der Waals surface area contributed by atoms with Crippen molar-refractivity contribution in [3.63, 3.8) is 0 Å². The lowest BCUT2D eigenvalue weighted by Crippen LogP contribution is -2.37. The Kier molecular flexibility index (Phi) is 4.89. The molecule has 0 unspecified atom stereocenters. The molecule has 0 bridgehead atoms. The molecule has 6 rings (SSSR count). The second-order valence-electron chi connectivity index (χ2n) is 7.56. The molecular formula is C23H20N8O2. The first-order valence-electron chi connectivity index (χ1n) is 10.6. The number of morpholine rings is 1. The van der Waals surface area contributed by atoms with E-state index in [1.807, 2.05) is 36.4 Å². The van der Waals surface area contributed by atoms with Gasteiger partial charge in [-0.3, -0.25) is 15.1 Å². The maximum absolute atomic E-state index is 6.22. The fourth-order valence-electron chi connectivity index (χ4n) is 3.79. The van der Waals surface area contributed by atoms with E-state index in [4.69, 9.17) is 19.1 Å². The molecular weight excluding hydrogens is 420 g/mol. The molecule has 0 atom stereocenters. The number of pyridine rings is 2. The predicted octanol–water partition coefficient (Wildman–Crippen LogP) is 3.65. The van der Waals surface area contributed by atoms with Crippen LogP contribution in [-0.4, -0.2) is 56.4 Å². The molecule has 164 valence electrons. The highest BCUT2D eigenvalue weighted by Crippen LogP contribution is 2.33. The van der Waals surface area contributed by atoms with E-state index in [0.717, 1.165) is 35.7 Å². The minimum Gasteiger partial charge on any atom is -0.450 e. The Balaban J connectivity index is 1.38. The number of aromatic nitrogens is 6. The number of H-pyrrole nitrogens is 1. The lowest BCUT2D eigenvalue weighted by molar-refractivity contribution is 0.122. The number of ether oxygens (including phenoxy) is 1. The summed E-state index contributed by atoms with van der Waals surface area (Å²) in [5.74, 6) is 2.58. The van der Waals surface area contributed by atoms with E-state index in [2.05, 4.69) is 30.4 Å². The molecule has 1 aliphatic rings. The second-order valence-corrected chi connectivity index (χ2v) is 7.56. The first kappa shape index (κ1) is 19.4. The van der Waals surface area contributed by atoms with E-state index in [0.29, 0.717) is 41.8 Å². The summed E-state index contributed by atoms with van der Waals surface area (Å²) in [6.07, 6.45) is 6.98. The number of nitrogens with zero attached hydrogens (tertiary/aromatic N) is 6. The third-order valence-electron chi connectivity index (χ3n) is 5.41. The van der Waals surface area contributed by atoms with E-state index in [1.165, 1.54) is 0 Å². The highest BCUT2D eigenvalue weighted by Gasteiger charge is 2.21. The third-order valence-corrected chi connectivity index (χ3v) is 5.41. The normalized spacial score (nSPS) is 14.0. The van der Waals surface area contributed by atoms with Gasteiger partial charge in [0.1, 0.15) is 17.1 Å². The number of aromatic amines is 1. The fourth-order valence-corrected chi connectivity index (χ4v) is 3.79. The molecule has 2 N–H and O–H groups in total. The summed E-state index contributed by atoms with van der Waals surface area (Å²) < 4.78 is 11.7. The third kappa shape index (κ3) is 3.87. The van der Waals surface area contributed by atoms with Gasteiger partial charge in [0.05, 0.1) is 18.9 Å². The van der Waals surface area contributed by atoms with Crippen molar-refractivity contribution in [2.75, 3.05) is 36.5 Å². The highest BCUT2D eigenvalue weighted by atomic mass is 16.5. The Morgan fingerprint density at radius 1 is 0.939 bits per heavy atom. The van der Waals surface area contributed by atoms with Crippen LogP contribution >= 0.6 is 0 Å². The lowest BCUT2D eigenvalue weighted by Gasteiger charge is -2.27. The summed E-state index contributed by atoms with van der Waals surface area (Å²) >= 11 is 0.